The van der Waals surface area contributed by atoms with Crippen molar-refractivity contribution in [3.8, 4) is 11.5 Å². The van der Waals surface area contributed by atoms with Crippen molar-refractivity contribution in [2.24, 2.45) is 0 Å². The van der Waals surface area contributed by atoms with Crippen molar-refractivity contribution in [2.75, 3.05) is 34.9 Å². The minimum atomic E-state index is -2.12. The number of fused-ring (bicyclic) bond motifs is 1. The van der Waals surface area contributed by atoms with Crippen LogP contribution in [0.5, 0.6) is 11.5 Å². The van der Waals surface area contributed by atoms with E-state index in [1.807, 2.05) is 13.0 Å². The molecule has 2 aliphatic heterocycles. The van der Waals surface area contributed by atoms with Gasteiger partial charge in [0.05, 0.1) is 0 Å². The Bertz CT molecular complexity index is 1990. The van der Waals surface area contributed by atoms with Gasteiger partial charge in [-0.05, 0) is 45.9 Å². The third-order valence-corrected chi connectivity index (χ3v) is 12.4. The molecule has 0 aromatic heterocycles. The van der Waals surface area contributed by atoms with Gasteiger partial charge in [0.2, 0.25) is 0 Å². The second-order valence-electron chi connectivity index (χ2n) is 15.9. The predicted molar refractivity (Wildman–Crippen MR) is 236 cm³/mol. The minimum absolute atomic E-state index is 0.390. The third kappa shape index (κ3) is 9.78. The molecule has 0 radical (unpaired) electrons. The molecule has 1 saturated heterocycles. The van der Waals surface area contributed by atoms with Crippen LogP contribution >= 0.6 is 19.4 Å². The van der Waals surface area contributed by atoms with E-state index in [-0.39, 0.29) is 0 Å². The molecule has 0 bridgehead atoms. The maximum absolute atomic E-state index is 13.3. The number of carbonyl (C=O) groups is 2. The van der Waals surface area contributed by atoms with Gasteiger partial charge >= 0.3 is 177 Å². The summed E-state index contributed by atoms with van der Waals surface area (Å²) in [6.45, 7) is 26.5. The van der Waals surface area contributed by atoms with Crippen molar-refractivity contribution in [1.29, 1.82) is 0 Å². The Hall–Kier alpha value is -3.71. The third-order valence-electron chi connectivity index (χ3n) is 10.6. The monoisotopic (exact) mass is 900 g/mol. The van der Waals surface area contributed by atoms with Gasteiger partial charge < -0.3 is 9.80 Å². The molecule has 57 heavy (non-hydrogen) atoms. The Labute approximate surface area is 353 Å². The fourth-order valence-electron chi connectivity index (χ4n) is 7.58. The van der Waals surface area contributed by atoms with Crippen LogP contribution in [-0.2, 0) is 18.3 Å². The molecule has 2 heterocycles. The number of amides is 2. The first kappa shape index (κ1) is 44.4. The van der Waals surface area contributed by atoms with Crippen LogP contribution in [0.1, 0.15) is 136 Å². The van der Waals surface area contributed by atoms with E-state index in [1.54, 1.807) is 49.0 Å². The summed E-state index contributed by atoms with van der Waals surface area (Å²) in [5.74, 6) is 2.36. The van der Waals surface area contributed by atoms with E-state index in [0.717, 1.165) is 18.7 Å². The molecule has 0 N–H and O–H groups in total. The van der Waals surface area contributed by atoms with Gasteiger partial charge in [-0.3, -0.25) is 0 Å². The average molecular weight is 901 g/mol. The number of hydrogen-bond acceptors (Lipinski definition) is 6. The first-order valence-corrected chi connectivity index (χ1v) is 25.4. The number of imide groups is 1. The van der Waals surface area contributed by atoms with Gasteiger partial charge in [0.25, 0.3) is 0 Å². The van der Waals surface area contributed by atoms with Gasteiger partial charge in [-0.25, -0.2) is 0 Å². The SMILES string of the molecule is CC(C)c1cccc(C(C)C)c1N1[CH-]N(c2c(C(C)C)cccc2C(C)C)CC1.CCC1Oc2c([CH]=[Ru]([Cl])[Cl])cccc2N(C(=O)c2ccc(OC)cc2C)C1=O. The van der Waals surface area contributed by atoms with Crippen LogP contribution in [0.25, 0.3) is 0 Å². The number of rotatable bonds is 10. The molecule has 7 nitrogen and oxygen atoms in total. The van der Waals surface area contributed by atoms with Gasteiger partial charge in [-0.15, -0.1) is 0 Å². The van der Waals surface area contributed by atoms with Crippen LogP contribution in [0.3, 0.4) is 0 Å². The van der Waals surface area contributed by atoms with Crippen molar-refractivity contribution in [3.63, 3.8) is 0 Å². The molecule has 0 spiro atoms. The zero-order valence-electron chi connectivity index (χ0n) is 35.2. The standard InChI is InChI=1S/C27H39N2.C20H19NO4.2ClH.Ru/c1-18(2)22-11-9-12-23(19(3)4)26(22)28-15-16-29(17-28)27-24(20(5)6)13-10-14-25(27)21(7)8;1-5-17-20(23)21(16-8-6-7-12(2)18(16)25-17)19(22)15-10-9-14(24-4)11-13(15)3;;;/h9-14,17-21H,15-16H2,1-8H3;2,6-11,17H,5H2,1,3-4H3;2*1H;/q-1;;;;+2/p-2. The number of halogens is 2. The van der Waals surface area contributed by atoms with Gasteiger partial charge in [0.1, 0.15) is 0 Å². The summed E-state index contributed by atoms with van der Waals surface area (Å²) in [7, 11) is 13.6. The van der Waals surface area contributed by atoms with Gasteiger partial charge in [0, 0.05) is 24.5 Å². The number of methoxy groups -OCH3 is 1. The molecule has 0 saturated carbocycles. The molecule has 10 heteroatoms. The number of hydrogen-bond donors (Lipinski definition) is 0. The number of aryl methyl sites for hydroxylation is 1. The first-order chi connectivity index (χ1) is 27.1. The molecule has 308 valence electrons. The van der Waals surface area contributed by atoms with Gasteiger partial charge in [0.15, 0.2) is 0 Å². The van der Waals surface area contributed by atoms with E-state index in [9.17, 15) is 9.59 Å². The molecule has 2 aliphatic rings. The molecule has 1 atom stereocenters. The Morgan fingerprint density at radius 2 is 1.32 bits per heavy atom. The van der Waals surface area contributed by atoms with Crippen LogP contribution in [-0.4, -0.2) is 42.7 Å². The summed E-state index contributed by atoms with van der Waals surface area (Å²) in [6, 6.07) is 24.1. The molecular formula is C47H58Cl2N3O4Ru-. The van der Waals surface area contributed by atoms with E-state index < -0.39 is 31.4 Å². The molecule has 1 unspecified atom stereocenters. The summed E-state index contributed by atoms with van der Waals surface area (Å²) >= 11 is -2.12. The predicted octanol–water partition coefficient (Wildman–Crippen LogP) is 12.1. The molecule has 4 aromatic rings. The van der Waals surface area contributed by atoms with Crippen molar-refractivity contribution < 1.29 is 32.6 Å². The summed E-state index contributed by atoms with van der Waals surface area (Å²) in [6.07, 6.45) is -0.322. The molecule has 4 aromatic carbocycles. The van der Waals surface area contributed by atoms with Crippen molar-refractivity contribution >= 4 is 52.9 Å². The maximum atomic E-state index is 13.3. The second-order valence-corrected chi connectivity index (χ2v) is 21.6. The number of benzene rings is 4. The number of para-hydroxylation sites is 3. The van der Waals surface area contributed by atoms with E-state index >= 15 is 0 Å². The quantitative estimate of drug-likeness (QED) is 0.0898. The molecule has 1 fully saturated rings. The Kier molecular flexibility index (Phi) is 15.1. The molecule has 0 aliphatic carbocycles. The molecular weight excluding hydrogens is 843 g/mol. The molecule has 6 rings (SSSR count). The number of nitrogens with zero attached hydrogens (tertiary/aromatic N) is 3. The first-order valence-electron chi connectivity index (χ1n) is 19.9. The fraction of sp³-hybridized carbons (Fsp3) is 0.404. The van der Waals surface area contributed by atoms with Crippen LogP contribution in [0, 0.1) is 13.6 Å². The van der Waals surface area contributed by atoms with E-state index in [1.165, 1.54) is 38.5 Å². The van der Waals surface area contributed by atoms with E-state index in [0.29, 0.717) is 58.4 Å². The number of anilines is 3. The van der Waals surface area contributed by atoms with Crippen molar-refractivity contribution in [3.05, 3.63) is 118 Å². The zero-order valence-corrected chi connectivity index (χ0v) is 38.4. The van der Waals surface area contributed by atoms with Gasteiger partial charge in [-0.2, -0.15) is 6.67 Å². The summed E-state index contributed by atoms with van der Waals surface area (Å²) in [5.41, 5.74) is 10.9. The number of ether oxygens (including phenoxy) is 2. The van der Waals surface area contributed by atoms with Crippen LogP contribution in [0.4, 0.5) is 17.1 Å². The second kappa shape index (κ2) is 19.4. The zero-order chi connectivity index (χ0) is 41.7. The van der Waals surface area contributed by atoms with Crippen molar-refractivity contribution in [1.82, 2.24) is 0 Å². The molecule has 2 amide bonds. The Morgan fingerprint density at radius 3 is 1.74 bits per heavy atom. The van der Waals surface area contributed by atoms with Crippen LogP contribution in [0.15, 0.2) is 72.8 Å². The van der Waals surface area contributed by atoms with Crippen molar-refractivity contribution in [2.45, 2.75) is 105 Å². The topological polar surface area (TPSA) is 62.3 Å². The average Bonchev–Trinajstić information content (AvgIpc) is 3.66. The summed E-state index contributed by atoms with van der Waals surface area (Å²) in [4.78, 5) is 32.6. The Balaban J connectivity index is 0.000000218. The summed E-state index contributed by atoms with van der Waals surface area (Å²) < 4.78 is 12.9. The van der Waals surface area contributed by atoms with Gasteiger partial charge in [-0.1, -0.05) is 91.8 Å². The fourth-order valence-corrected chi connectivity index (χ4v) is 9.37. The van der Waals surface area contributed by atoms with E-state index in [2.05, 4.69) is 108 Å². The van der Waals surface area contributed by atoms with E-state index in [4.69, 9.17) is 28.9 Å². The normalized spacial score (nSPS) is 15.5. The van der Waals surface area contributed by atoms with Crippen LogP contribution in [0.2, 0.25) is 0 Å². The van der Waals surface area contributed by atoms with Crippen LogP contribution < -0.4 is 24.2 Å². The number of carbonyl (C=O) groups excluding carboxylic acids is 2. The summed E-state index contributed by atoms with van der Waals surface area (Å²) in [5, 5.41) is 0. The Morgan fingerprint density at radius 1 is 0.825 bits per heavy atom.